The number of hydrogen-bond donors (Lipinski definition) is 2. The van der Waals surface area contributed by atoms with Gasteiger partial charge in [0.2, 0.25) is 10.0 Å². The van der Waals surface area contributed by atoms with Crippen LogP contribution in [0.1, 0.15) is 0 Å². The highest BCUT2D eigenvalue weighted by atomic mass is 79.9. The topological polar surface area (TPSA) is 72.2 Å². The van der Waals surface area contributed by atoms with E-state index in [1.807, 2.05) is 0 Å². The Bertz CT molecular complexity index is 473. The summed E-state index contributed by atoms with van der Waals surface area (Å²) in [6.07, 6.45) is 0. The summed E-state index contributed by atoms with van der Waals surface area (Å²) in [4.78, 5) is 0.279. The fourth-order valence-corrected chi connectivity index (χ4v) is 2.65. The van der Waals surface area contributed by atoms with Crippen LogP contribution in [0.4, 0.5) is 0 Å². The monoisotopic (exact) mass is 308 g/mol. The second-order valence-corrected chi connectivity index (χ2v) is 5.96. The molecule has 0 aliphatic carbocycles. The molecule has 0 bridgehead atoms. The van der Waals surface area contributed by atoms with E-state index in [4.69, 9.17) is 5.73 Å². The molecule has 0 saturated heterocycles. The summed E-state index contributed by atoms with van der Waals surface area (Å²) >= 11 is 7.77. The van der Waals surface area contributed by atoms with Crippen molar-refractivity contribution < 1.29 is 8.42 Å². The summed E-state index contributed by atoms with van der Waals surface area (Å²) in [6, 6.07) is 6.38. The molecule has 1 aromatic carbocycles. The van der Waals surface area contributed by atoms with Crippen LogP contribution in [0.25, 0.3) is 0 Å². The first-order valence-electron chi connectivity index (χ1n) is 3.95. The molecule has 1 rings (SSSR count). The highest BCUT2D eigenvalue weighted by Gasteiger charge is 2.13. The molecule has 0 spiro atoms. The summed E-state index contributed by atoms with van der Waals surface area (Å²) in [7, 11) is -3.53. The first-order chi connectivity index (χ1) is 6.92. The zero-order valence-corrected chi connectivity index (χ0v) is 10.8. The van der Waals surface area contributed by atoms with E-state index in [2.05, 4.69) is 32.9 Å². The number of sulfonamides is 1. The predicted octanol–water partition coefficient (Wildman–Crippen LogP) is 1.01. The van der Waals surface area contributed by atoms with Crippen molar-refractivity contribution in [3.8, 4) is 0 Å². The van der Waals surface area contributed by atoms with E-state index in [9.17, 15) is 8.42 Å². The van der Waals surface area contributed by atoms with Crippen LogP contribution in [0.5, 0.6) is 0 Å². The zero-order valence-electron chi connectivity index (χ0n) is 7.60. The lowest BCUT2D eigenvalue weighted by molar-refractivity contribution is 0.586. The largest absolute Gasteiger partial charge is 0.392 e. The van der Waals surface area contributed by atoms with E-state index < -0.39 is 10.0 Å². The molecule has 82 valence electrons. The Balaban J connectivity index is 2.91. The van der Waals surface area contributed by atoms with Crippen LogP contribution in [0, 0.1) is 0 Å². The molecule has 4 nitrogen and oxygen atoms in total. The molecule has 3 N–H and O–H groups in total. The number of nitrogens with two attached hydrogens (primary N) is 1. The molecule has 7 heteroatoms. The molecule has 0 unspecified atom stereocenters. The Morgan fingerprint density at radius 2 is 2.20 bits per heavy atom. The van der Waals surface area contributed by atoms with E-state index >= 15 is 0 Å². The van der Waals surface area contributed by atoms with Crippen molar-refractivity contribution >= 4 is 43.2 Å². The van der Waals surface area contributed by atoms with E-state index in [0.29, 0.717) is 4.47 Å². The minimum Gasteiger partial charge on any atom is -0.392 e. The number of thiocarbonyl (C=S) groups is 1. The molecule has 15 heavy (non-hydrogen) atoms. The van der Waals surface area contributed by atoms with Crippen LogP contribution in [-0.2, 0) is 10.0 Å². The van der Waals surface area contributed by atoms with Gasteiger partial charge in [-0.1, -0.05) is 34.2 Å². The molecule has 1 aromatic rings. The van der Waals surface area contributed by atoms with Gasteiger partial charge in [0.25, 0.3) is 0 Å². The Morgan fingerprint density at radius 3 is 2.73 bits per heavy atom. The van der Waals surface area contributed by atoms with E-state index in [0.717, 1.165) is 0 Å². The number of rotatable bonds is 4. The first kappa shape index (κ1) is 12.6. The van der Waals surface area contributed by atoms with Gasteiger partial charge in [0.1, 0.15) is 0 Å². The summed E-state index contributed by atoms with van der Waals surface area (Å²) in [5.41, 5.74) is 5.20. The zero-order chi connectivity index (χ0) is 11.5. The number of halogens is 1. The molecule has 0 radical (unpaired) electrons. The third kappa shape index (κ3) is 3.86. The minimum atomic E-state index is -3.53. The summed E-state index contributed by atoms with van der Waals surface area (Å²) in [6.45, 7) is -0.0375. The van der Waals surface area contributed by atoms with Gasteiger partial charge in [0, 0.05) is 4.47 Å². The van der Waals surface area contributed by atoms with Gasteiger partial charge < -0.3 is 5.73 Å². The Hall–Kier alpha value is -0.500. The van der Waals surface area contributed by atoms with Crippen LogP contribution in [0.15, 0.2) is 33.6 Å². The second kappa shape index (κ2) is 5.02. The molecule has 0 amide bonds. The molecule has 0 aliphatic heterocycles. The van der Waals surface area contributed by atoms with Crippen molar-refractivity contribution in [2.24, 2.45) is 5.73 Å². The highest BCUT2D eigenvalue weighted by molar-refractivity contribution is 9.10. The SMILES string of the molecule is NC(=S)CNS(=O)(=O)c1cccc(Br)c1. The quantitative estimate of drug-likeness (QED) is 0.814. The van der Waals surface area contributed by atoms with Gasteiger partial charge in [-0.05, 0) is 18.2 Å². The van der Waals surface area contributed by atoms with Crippen molar-refractivity contribution in [2.45, 2.75) is 4.90 Å². The lowest BCUT2D eigenvalue weighted by Crippen LogP contribution is -2.32. The van der Waals surface area contributed by atoms with Crippen molar-refractivity contribution in [1.29, 1.82) is 0 Å². The normalized spacial score (nSPS) is 11.3. The van der Waals surface area contributed by atoms with Crippen LogP contribution in [0.3, 0.4) is 0 Å². The highest BCUT2D eigenvalue weighted by Crippen LogP contribution is 2.15. The third-order valence-corrected chi connectivity index (χ3v) is 3.58. The molecule has 0 atom stereocenters. The third-order valence-electron chi connectivity index (χ3n) is 1.54. The maximum atomic E-state index is 11.6. The van der Waals surface area contributed by atoms with Gasteiger partial charge >= 0.3 is 0 Å². The fourth-order valence-electron chi connectivity index (χ4n) is 0.884. The summed E-state index contributed by atoms with van der Waals surface area (Å²) in [5, 5.41) is 0. The van der Waals surface area contributed by atoms with Crippen LogP contribution < -0.4 is 10.5 Å². The molecular formula is C8H9BrN2O2S2. The predicted molar refractivity (Wildman–Crippen MR) is 66.1 cm³/mol. The van der Waals surface area contributed by atoms with E-state index in [-0.39, 0.29) is 16.4 Å². The molecule has 0 saturated carbocycles. The minimum absolute atomic E-state index is 0.0375. The van der Waals surface area contributed by atoms with Crippen molar-refractivity contribution in [3.63, 3.8) is 0 Å². The lowest BCUT2D eigenvalue weighted by atomic mass is 10.4. The molecule has 0 fully saturated rings. The van der Waals surface area contributed by atoms with Crippen molar-refractivity contribution in [3.05, 3.63) is 28.7 Å². The molecule has 0 aliphatic rings. The average Bonchev–Trinajstić information content (AvgIpc) is 2.15. The Kier molecular flexibility index (Phi) is 4.21. The summed E-state index contributed by atoms with van der Waals surface area (Å²) < 4.78 is 26.3. The van der Waals surface area contributed by atoms with Crippen LogP contribution in [0.2, 0.25) is 0 Å². The Morgan fingerprint density at radius 1 is 1.53 bits per heavy atom. The second-order valence-electron chi connectivity index (χ2n) is 2.75. The van der Waals surface area contributed by atoms with Gasteiger partial charge in [-0.15, -0.1) is 0 Å². The van der Waals surface area contributed by atoms with Gasteiger partial charge in [-0.3, -0.25) is 0 Å². The van der Waals surface area contributed by atoms with Gasteiger partial charge in [0.05, 0.1) is 16.4 Å². The molecule has 0 heterocycles. The Labute approximate surface area is 102 Å². The van der Waals surface area contributed by atoms with E-state index in [1.54, 1.807) is 12.1 Å². The van der Waals surface area contributed by atoms with Crippen LogP contribution in [-0.4, -0.2) is 20.0 Å². The van der Waals surface area contributed by atoms with Gasteiger partial charge in [-0.25, -0.2) is 13.1 Å². The number of benzene rings is 1. The summed E-state index contributed by atoms with van der Waals surface area (Å²) in [5.74, 6) is 0. The van der Waals surface area contributed by atoms with E-state index in [1.165, 1.54) is 12.1 Å². The number of nitrogens with one attached hydrogen (secondary N) is 1. The average molecular weight is 309 g/mol. The maximum absolute atomic E-state index is 11.6. The lowest BCUT2D eigenvalue weighted by Gasteiger charge is -2.05. The molecule has 0 aromatic heterocycles. The van der Waals surface area contributed by atoms with Crippen LogP contribution >= 0.6 is 28.1 Å². The first-order valence-corrected chi connectivity index (χ1v) is 6.64. The standard InChI is InChI=1S/C8H9BrN2O2S2/c9-6-2-1-3-7(4-6)15(12,13)11-5-8(10)14/h1-4,11H,5H2,(H2,10,14). The van der Waals surface area contributed by atoms with Gasteiger partial charge in [0.15, 0.2) is 0 Å². The van der Waals surface area contributed by atoms with Crippen molar-refractivity contribution in [1.82, 2.24) is 4.72 Å². The van der Waals surface area contributed by atoms with Gasteiger partial charge in [-0.2, -0.15) is 0 Å². The maximum Gasteiger partial charge on any atom is 0.240 e. The number of hydrogen-bond acceptors (Lipinski definition) is 3. The molecular weight excluding hydrogens is 300 g/mol. The smallest absolute Gasteiger partial charge is 0.240 e. The fraction of sp³-hybridized carbons (Fsp3) is 0.125. The van der Waals surface area contributed by atoms with Crippen molar-refractivity contribution in [2.75, 3.05) is 6.54 Å².